The van der Waals surface area contributed by atoms with Crippen molar-refractivity contribution in [2.45, 2.75) is 0 Å². The molecule has 1 aromatic carbocycles. The molecule has 0 amide bonds. The van der Waals surface area contributed by atoms with Crippen LogP contribution in [0.4, 0.5) is 5.82 Å². The highest BCUT2D eigenvalue weighted by atomic mass is 35.5. The number of hydrogen-bond acceptors (Lipinski definition) is 4. The maximum Gasteiger partial charge on any atom is 0.339 e. The summed E-state index contributed by atoms with van der Waals surface area (Å²) in [6, 6.07) is 10.2. The number of carboxylic acids is 1. The minimum atomic E-state index is -1.07. The van der Waals surface area contributed by atoms with Gasteiger partial charge in [-0.05, 0) is 18.2 Å². The van der Waals surface area contributed by atoms with Crippen molar-refractivity contribution in [1.29, 1.82) is 0 Å². The van der Waals surface area contributed by atoms with E-state index in [0.717, 1.165) is 5.56 Å². The normalized spacial score (nSPS) is 10.6. The molecule has 2 N–H and O–H groups in total. The molecule has 0 spiro atoms. The highest BCUT2D eigenvalue weighted by Gasteiger charge is 2.09. The van der Waals surface area contributed by atoms with E-state index in [0.29, 0.717) is 5.02 Å². The Morgan fingerprint density at radius 2 is 2.11 bits per heavy atom. The fourth-order valence-corrected chi connectivity index (χ4v) is 1.59. The number of anilines is 1. The van der Waals surface area contributed by atoms with Gasteiger partial charge in [0.2, 0.25) is 0 Å². The second-order valence-corrected chi connectivity index (χ2v) is 4.00. The van der Waals surface area contributed by atoms with Crippen LogP contribution in [0.5, 0.6) is 0 Å². The monoisotopic (exact) mass is 275 g/mol. The Kier molecular flexibility index (Phi) is 4.10. The molecule has 0 aliphatic carbocycles. The molecule has 0 bridgehead atoms. The molecule has 2 rings (SSSR count). The van der Waals surface area contributed by atoms with E-state index in [-0.39, 0.29) is 11.4 Å². The first-order chi connectivity index (χ1) is 9.18. The predicted molar refractivity (Wildman–Crippen MR) is 73.9 cm³/mol. The SMILES string of the molecule is O=C(O)c1cccnc1NN=Cc1ccccc1Cl. The van der Waals surface area contributed by atoms with Crippen molar-refractivity contribution in [1.82, 2.24) is 4.98 Å². The number of nitrogens with one attached hydrogen (secondary N) is 1. The molecular weight excluding hydrogens is 266 g/mol. The number of pyridine rings is 1. The summed E-state index contributed by atoms with van der Waals surface area (Å²) in [6.07, 6.45) is 2.99. The van der Waals surface area contributed by atoms with Crippen molar-refractivity contribution in [2.24, 2.45) is 5.10 Å². The number of rotatable bonds is 4. The van der Waals surface area contributed by atoms with Gasteiger partial charge >= 0.3 is 5.97 Å². The van der Waals surface area contributed by atoms with Gasteiger partial charge in [0.25, 0.3) is 0 Å². The standard InChI is InChI=1S/C13H10ClN3O2/c14-11-6-2-1-4-9(11)8-16-17-12-10(13(18)19)5-3-7-15-12/h1-8H,(H,15,17)(H,18,19). The first kappa shape index (κ1) is 13.0. The summed E-state index contributed by atoms with van der Waals surface area (Å²) in [5.74, 6) is -0.887. The van der Waals surface area contributed by atoms with Crippen molar-refractivity contribution in [3.8, 4) is 0 Å². The number of halogens is 1. The largest absolute Gasteiger partial charge is 0.478 e. The lowest BCUT2D eigenvalue weighted by molar-refractivity contribution is 0.0697. The molecule has 0 fully saturated rings. The summed E-state index contributed by atoms with van der Waals surface area (Å²) in [4.78, 5) is 14.9. The van der Waals surface area contributed by atoms with Crippen molar-refractivity contribution >= 4 is 29.6 Å². The van der Waals surface area contributed by atoms with Gasteiger partial charge in [-0.2, -0.15) is 5.10 Å². The summed E-state index contributed by atoms with van der Waals surface area (Å²) in [7, 11) is 0. The zero-order chi connectivity index (χ0) is 13.7. The first-order valence-corrected chi connectivity index (χ1v) is 5.78. The lowest BCUT2D eigenvalue weighted by atomic mass is 10.2. The third-order valence-corrected chi connectivity index (χ3v) is 2.66. The van der Waals surface area contributed by atoms with Gasteiger partial charge in [-0.1, -0.05) is 29.8 Å². The topological polar surface area (TPSA) is 74.6 Å². The predicted octanol–water partition coefficient (Wildman–Crippen LogP) is 2.88. The Labute approximate surface area is 114 Å². The highest BCUT2D eigenvalue weighted by molar-refractivity contribution is 6.33. The Morgan fingerprint density at radius 1 is 1.32 bits per heavy atom. The van der Waals surface area contributed by atoms with Crippen LogP contribution in [0.1, 0.15) is 15.9 Å². The molecule has 2 aromatic rings. The third kappa shape index (κ3) is 3.29. The van der Waals surface area contributed by atoms with E-state index in [1.807, 2.05) is 12.1 Å². The summed E-state index contributed by atoms with van der Waals surface area (Å²) >= 11 is 5.96. The number of benzene rings is 1. The highest BCUT2D eigenvalue weighted by Crippen LogP contribution is 2.13. The molecule has 1 aromatic heterocycles. The van der Waals surface area contributed by atoms with Crippen molar-refractivity contribution in [3.05, 3.63) is 58.7 Å². The molecule has 0 aliphatic heterocycles. The number of carbonyl (C=O) groups is 1. The van der Waals surface area contributed by atoms with E-state index < -0.39 is 5.97 Å². The molecule has 0 aliphatic rings. The zero-order valence-corrected chi connectivity index (χ0v) is 10.5. The van der Waals surface area contributed by atoms with Gasteiger partial charge in [0, 0.05) is 16.8 Å². The van der Waals surface area contributed by atoms with Crippen LogP contribution in [0.25, 0.3) is 0 Å². The Morgan fingerprint density at radius 3 is 2.84 bits per heavy atom. The van der Waals surface area contributed by atoms with E-state index in [1.165, 1.54) is 18.5 Å². The number of aromatic nitrogens is 1. The average Bonchev–Trinajstić information content (AvgIpc) is 2.41. The summed E-state index contributed by atoms with van der Waals surface area (Å²) in [6.45, 7) is 0. The molecule has 19 heavy (non-hydrogen) atoms. The first-order valence-electron chi connectivity index (χ1n) is 5.40. The summed E-state index contributed by atoms with van der Waals surface area (Å²) in [5.41, 5.74) is 3.37. The summed E-state index contributed by atoms with van der Waals surface area (Å²) in [5, 5.41) is 13.5. The van der Waals surface area contributed by atoms with E-state index >= 15 is 0 Å². The van der Waals surface area contributed by atoms with Crippen molar-refractivity contribution in [2.75, 3.05) is 5.43 Å². The maximum absolute atomic E-state index is 11.0. The Bertz CT molecular complexity index is 629. The molecule has 0 saturated heterocycles. The quantitative estimate of drug-likeness (QED) is 0.665. The minimum absolute atomic E-state index is 0.0545. The Balaban J connectivity index is 2.15. The van der Waals surface area contributed by atoms with Crippen LogP contribution in [0.3, 0.4) is 0 Å². The van der Waals surface area contributed by atoms with Crippen molar-refractivity contribution in [3.63, 3.8) is 0 Å². The number of aromatic carboxylic acids is 1. The van der Waals surface area contributed by atoms with Gasteiger partial charge in [-0.25, -0.2) is 9.78 Å². The van der Waals surface area contributed by atoms with Gasteiger partial charge in [0.15, 0.2) is 5.82 Å². The second kappa shape index (κ2) is 5.97. The number of carboxylic acid groups (broad SMARTS) is 1. The molecule has 0 saturated carbocycles. The molecule has 0 radical (unpaired) electrons. The molecular formula is C13H10ClN3O2. The lowest BCUT2D eigenvalue weighted by Crippen LogP contribution is -2.04. The fourth-order valence-electron chi connectivity index (χ4n) is 1.41. The van der Waals surface area contributed by atoms with Crippen LogP contribution >= 0.6 is 11.6 Å². The van der Waals surface area contributed by atoms with Crippen LogP contribution in [0.15, 0.2) is 47.7 Å². The Hall–Kier alpha value is -2.40. The van der Waals surface area contributed by atoms with Crippen LogP contribution in [0.2, 0.25) is 5.02 Å². The molecule has 1 heterocycles. The second-order valence-electron chi connectivity index (χ2n) is 3.60. The van der Waals surface area contributed by atoms with E-state index in [2.05, 4.69) is 15.5 Å². The van der Waals surface area contributed by atoms with Crippen LogP contribution in [0, 0.1) is 0 Å². The van der Waals surface area contributed by atoms with Gasteiger partial charge in [-0.3, -0.25) is 5.43 Å². The van der Waals surface area contributed by atoms with Crippen LogP contribution < -0.4 is 5.43 Å². The number of hydrazone groups is 1. The molecule has 6 heteroatoms. The number of nitrogens with zero attached hydrogens (tertiary/aromatic N) is 2. The molecule has 0 unspecified atom stereocenters. The van der Waals surface area contributed by atoms with Gasteiger partial charge < -0.3 is 5.11 Å². The van der Waals surface area contributed by atoms with Crippen LogP contribution in [-0.2, 0) is 0 Å². The van der Waals surface area contributed by atoms with Gasteiger partial charge in [0.1, 0.15) is 5.56 Å². The van der Waals surface area contributed by atoms with E-state index in [4.69, 9.17) is 16.7 Å². The van der Waals surface area contributed by atoms with Gasteiger partial charge in [0.05, 0.1) is 6.21 Å². The lowest BCUT2D eigenvalue weighted by Gasteiger charge is -2.03. The van der Waals surface area contributed by atoms with E-state index in [1.54, 1.807) is 18.2 Å². The minimum Gasteiger partial charge on any atom is -0.478 e. The smallest absolute Gasteiger partial charge is 0.339 e. The van der Waals surface area contributed by atoms with E-state index in [9.17, 15) is 4.79 Å². The fraction of sp³-hybridized carbons (Fsp3) is 0. The molecule has 5 nitrogen and oxygen atoms in total. The maximum atomic E-state index is 11.0. The van der Waals surface area contributed by atoms with Crippen LogP contribution in [-0.4, -0.2) is 22.3 Å². The zero-order valence-electron chi connectivity index (χ0n) is 9.75. The third-order valence-electron chi connectivity index (χ3n) is 2.32. The summed E-state index contributed by atoms with van der Waals surface area (Å²) < 4.78 is 0. The van der Waals surface area contributed by atoms with Gasteiger partial charge in [-0.15, -0.1) is 0 Å². The molecule has 0 atom stereocenters. The average molecular weight is 276 g/mol. The molecule has 96 valence electrons. The van der Waals surface area contributed by atoms with Crippen molar-refractivity contribution < 1.29 is 9.90 Å². The number of hydrogen-bond donors (Lipinski definition) is 2.